The highest BCUT2D eigenvalue weighted by Crippen LogP contribution is 2.44. The van der Waals surface area contributed by atoms with Gasteiger partial charge in [0.25, 0.3) is 0 Å². The number of hydrogen-bond acceptors (Lipinski definition) is 2. The summed E-state index contributed by atoms with van der Waals surface area (Å²) < 4.78 is 2.31. The maximum absolute atomic E-state index is 13.9. The van der Waals surface area contributed by atoms with E-state index in [2.05, 4.69) is 40.3 Å². The van der Waals surface area contributed by atoms with E-state index < -0.39 is 0 Å². The van der Waals surface area contributed by atoms with Gasteiger partial charge in [0.1, 0.15) is 5.00 Å². The summed E-state index contributed by atoms with van der Waals surface area (Å²) in [5.41, 5.74) is 6.66. The summed E-state index contributed by atoms with van der Waals surface area (Å²) in [5, 5.41) is 5.04. The molecule has 2 aliphatic rings. The average Bonchev–Trinajstić information content (AvgIpc) is 3.44. The van der Waals surface area contributed by atoms with Gasteiger partial charge in [-0.25, -0.2) is 4.79 Å². The molecule has 1 unspecified atom stereocenters. The Labute approximate surface area is 208 Å². The number of amides is 2. The number of carbonyl (C=O) groups is 1. The summed E-state index contributed by atoms with van der Waals surface area (Å²) >= 11 is 8.25. The molecule has 6 rings (SSSR count). The molecule has 2 aromatic carbocycles. The fourth-order valence-corrected chi connectivity index (χ4v) is 6.82. The van der Waals surface area contributed by atoms with Crippen molar-refractivity contribution in [1.82, 2.24) is 9.47 Å². The van der Waals surface area contributed by atoms with Crippen LogP contribution in [0.1, 0.15) is 51.7 Å². The lowest BCUT2D eigenvalue weighted by molar-refractivity contribution is 0.194. The number of aromatic nitrogens is 1. The number of hydrogen-bond donors (Lipinski definition) is 1. The van der Waals surface area contributed by atoms with Crippen molar-refractivity contribution < 1.29 is 4.79 Å². The van der Waals surface area contributed by atoms with E-state index in [0.717, 1.165) is 29.7 Å². The van der Waals surface area contributed by atoms with Gasteiger partial charge in [0.2, 0.25) is 0 Å². The van der Waals surface area contributed by atoms with E-state index in [1.165, 1.54) is 33.8 Å². The fourth-order valence-electron chi connectivity index (χ4n) is 5.24. The Balaban J connectivity index is 1.48. The number of nitrogens with one attached hydrogen (secondary N) is 1. The summed E-state index contributed by atoms with van der Waals surface area (Å²) in [4.78, 5) is 17.4. The molecule has 0 saturated heterocycles. The van der Waals surface area contributed by atoms with Gasteiger partial charge in [-0.2, -0.15) is 0 Å². The second-order valence-electron chi connectivity index (χ2n) is 9.13. The van der Waals surface area contributed by atoms with Crippen LogP contribution in [0, 0.1) is 6.92 Å². The SMILES string of the molecule is Cc1ccc(NC(=O)N2Cc3c(sc4c3CCCC4)-n3cccc3C2c2ccccc2)cc1Cl. The number of carbonyl (C=O) groups excluding carboxylic acids is 1. The van der Waals surface area contributed by atoms with Crippen molar-refractivity contribution >= 4 is 34.7 Å². The minimum atomic E-state index is -0.198. The van der Waals surface area contributed by atoms with Crippen molar-refractivity contribution in [3.05, 3.63) is 105 Å². The second-order valence-corrected chi connectivity index (χ2v) is 10.6. The van der Waals surface area contributed by atoms with Crippen molar-refractivity contribution in [2.75, 3.05) is 5.32 Å². The highest BCUT2D eigenvalue weighted by Gasteiger charge is 2.36. The summed E-state index contributed by atoms with van der Waals surface area (Å²) in [6.07, 6.45) is 6.84. The monoisotopic (exact) mass is 487 g/mol. The van der Waals surface area contributed by atoms with Crippen LogP contribution < -0.4 is 5.32 Å². The molecular formula is C28H26ClN3OS. The second kappa shape index (κ2) is 8.64. The van der Waals surface area contributed by atoms with E-state index in [0.29, 0.717) is 17.3 Å². The van der Waals surface area contributed by atoms with Crippen LogP contribution in [0.3, 0.4) is 0 Å². The molecule has 3 heterocycles. The van der Waals surface area contributed by atoms with Gasteiger partial charge >= 0.3 is 6.03 Å². The van der Waals surface area contributed by atoms with Crippen molar-refractivity contribution in [3.63, 3.8) is 0 Å². The van der Waals surface area contributed by atoms with Gasteiger partial charge < -0.3 is 14.8 Å². The largest absolute Gasteiger partial charge is 0.322 e. The van der Waals surface area contributed by atoms with Gasteiger partial charge in [-0.3, -0.25) is 0 Å². The third-order valence-electron chi connectivity index (χ3n) is 6.98. The molecule has 0 spiro atoms. The number of anilines is 1. The molecular weight excluding hydrogens is 462 g/mol. The maximum Gasteiger partial charge on any atom is 0.322 e. The first-order valence-corrected chi connectivity index (χ1v) is 13.0. The van der Waals surface area contributed by atoms with Crippen molar-refractivity contribution in [2.24, 2.45) is 0 Å². The van der Waals surface area contributed by atoms with Crippen LogP contribution in [0.2, 0.25) is 5.02 Å². The number of benzene rings is 2. The van der Waals surface area contributed by atoms with Crippen LogP contribution >= 0.6 is 22.9 Å². The predicted octanol–water partition coefficient (Wildman–Crippen LogP) is 7.52. The lowest BCUT2D eigenvalue weighted by Gasteiger charge is -2.31. The third-order valence-corrected chi connectivity index (χ3v) is 8.72. The first kappa shape index (κ1) is 21.5. The van der Waals surface area contributed by atoms with E-state index in [1.54, 1.807) is 0 Å². The fraction of sp³-hybridized carbons (Fsp3) is 0.250. The Morgan fingerprint density at radius 2 is 1.85 bits per heavy atom. The lowest BCUT2D eigenvalue weighted by atomic mass is 9.95. The molecule has 0 fully saturated rings. The first-order chi connectivity index (χ1) is 16.6. The van der Waals surface area contributed by atoms with Gasteiger partial charge in [0, 0.05) is 27.3 Å². The molecule has 172 valence electrons. The van der Waals surface area contributed by atoms with Crippen molar-refractivity contribution in [2.45, 2.75) is 45.2 Å². The third kappa shape index (κ3) is 3.64. The topological polar surface area (TPSA) is 37.3 Å². The summed E-state index contributed by atoms with van der Waals surface area (Å²) in [5.74, 6) is 0. The Morgan fingerprint density at radius 1 is 1.03 bits per heavy atom. The van der Waals surface area contributed by atoms with Crippen LogP contribution in [-0.4, -0.2) is 15.5 Å². The van der Waals surface area contributed by atoms with Gasteiger partial charge in [-0.15, -0.1) is 11.3 Å². The van der Waals surface area contributed by atoms with Crippen LogP contribution in [0.25, 0.3) is 5.00 Å². The minimum absolute atomic E-state index is 0.120. The Morgan fingerprint density at radius 3 is 2.68 bits per heavy atom. The highest BCUT2D eigenvalue weighted by atomic mass is 35.5. The molecule has 0 radical (unpaired) electrons. The Hall–Kier alpha value is -3.02. The molecule has 6 heteroatoms. The zero-order valence-electron chi connectivity index (χ0n) is 19.1. The zero-order chi connectivity index (χ0) is 23.2. The van der Waals surface area contributed by atoms with Crippen LogP contribution in [-0.2, 0) is 19.4 Å². The molecule has 1 aliphatic heterocycles. The number of urea groups is 1. The first-order valence-electron chi connectivity index (χ1n) is 11.8. The minimum Gasteiger partial charge on any atom is -0.310 e. The molecule has 1 aliphatic carbocycles. The average molecular weight is 488 g/mol. The van der Waals surface area contributed by atoms with Gasteiger partial charge in [-0.1, -0.05) is 48.0 Å². The number of halogens is 1. The van der Waals surface area contributed by atoms with Gasteiger partial charge in [-0.05, 0) is 73.6 Å². The lowest BCUT2D eigenvalue weighted by Crippen LogP contribution is -2.38. The summed E-state index contributed by atoms with van der Waals surface area (Å²) in [6.45, 7) is 2.54. The Bertz CT molecular complexity index is 1370. The normalized spacial score (nSPS) is 16.9. The molecule has 34 heavy (non-hydrogen) atoms. The smallest absolute Gasteiger partial charge is 0.310 e. The molecule has 4 nitrogen and oxygen atoms in total. The predicted molar refractivity (Wildman–Crippen MR) is 139 cm³/mol. The van der Waals surface area contributed by atoms with Gasteiger partial charge in [0.15, 0.2) is 0 Å². The molecule has 0 bridgehead atoms. The quantitative estimate of drug-likeness (QED) is 0.312. The van der Waals surface area contributed by atoms with E-state index in [-0.39, 0.29) is 12.1 Å². The van der Waals surface area contributed by atoms with Crippen LogP contribution in [0.5, 0.6) is 0 Å². The number of nitrogens with zero attached hydrogens (tertiary/aromatic N) is 2. The number of rotatable bonds is 2. The standard InChI is InChI=1S/C28H26ClN3OS/c1-18-13-14-20(16-23(18)29)30-28(33)32-17-22-21-10-5-6-12-25(21)34-27(22)31-15-7-11-24(31)26(32)19-8-3-2-4-9-19/h2-4,7-9,11,13-16,26H,5-6,10,12,17H2,1H3,(H,30,33). The number of fused-ring (bicyclic) bond motifs is 5. The van der Waals surface area contributed by atoms with E-state index in [4.69, 9.17) is 11.6 Å². The highest BCUT2D eigenvalue weighted by molar-refractivity contribution is 7.15. The molecule has 1 N–H and O–H groups in total. The van der Waals surface area contributed by atoms with Crippen molar-refractivity contribution in [3.8, 4) is 5.00 Å². The Kier molecular flexibility index (Phi) is 5.47. The molecule has 1 atom stereocenters. The number of thiophene rings is 1. The summed E-state index contributed by atoms with van der Waals surface area (Å²) in [7, 11) is 0. The maximum atomic E-state index is 13.9. The van der Waals surface area contributed by atoms with E-state index in [9.17, 15) is 4.79 Å². The molecule has 2 amide bonds. The zero-order valence-corrected chi connectivity index (χ0v) is 20.6. The van der Waals surface area contributed by atoms with Crippen LogP contribution in [0.15, 0.2) is 66.9 Å². The number of aryl methyl sites for hydroxylation is 2. The molecule has 0 saturated carbocycles. The van der Waals surface area contributed by atoms with Crippen molar-refractivity contribution in [1.29, 1.82) is 0 Å². The van der Waals surface area contributed by atoms with E-state index in [1.807, 2.05) is 59.6 Å². The molecule has 2 aromatic heterocycles. The van der Waals surface area contributed by atoms with Crippen LogP contribution in [0.4, 0.5) is 10.5 Å². The van der Waals surface area contributed by atoms with E-state index >= 15 is 0 Å². The summed E-state index contributed by atoms with van der Waals surface area (Å²) in [6, 6.07) is 19.9. The van der Waals surface area contributed by atoms with Gasteiger partial charge in [0.05, 0.1) is 18.3 Å². The molecule has 4 aromatic rings.